The zero-order valence-corrected chi connectivity index (χ0v) is 9.13. The Balaban J connectivity index is 1.86. The first-order valence-corrected chi connectivity index (χ1v) is 5.60. The number of hydrogen-bond acceptors (Lipinski definition) is 4. The Morgan fingerprint density at radius 2 is 2.35 bits per heavy atom. The number of rotatable bonds is 3. The molecule has 3 N–H and O–H groups in total. The Morgan fingerprint density at radius 3 is 3.00 bits per heavy atom. The van der Waals surface area contributed by atoms with E-state index in [2.05, 4.69) is 10.4 Å². The average molecular weight is 235 g/mol. The van der Waals surface area contributed by atoms with Gasteiger partial charge < -0.3 is 15.5 Å². The molecule has 1 aliphatic carbocycles. The van der Waals surface area contributed by atoms with E-state index in [0.717, 1.165) is 18.5 Å². The summed E-state index contributed by atoms with van der Waals surface area (Å²) in [4.78, 5) is 10.6. The molecule has 1 saturated carbocycles. The van der Waals surface area contributed by atoms with Crippen molar-refractivity contribution in [2.45, 2.75) is 31.4 Å². The molecule has 17 heavy (non-hydrogen) atoms. The molecule has 90 valence electrons. The van der Waals surface area contributed by atoms with Crippen LogP contribution in [0.25, 0.3) is 0 Å². The number of nitrogens with zero attached hydrogens (tertiary/aromatic N) is 2. The lowest BCUT2D eigenvalue weighted by molar-refractivity contribution is -0.136. The van der Waals surface area contributed by atoms with E-state index in [1.165, 1.54) is 4.68 Å². The Morgan fingerprint density at radius 1 is 1.59 bits per heavy atom. The number of anilines is 1. The van der Waals surface area contributed by atoms with Crippen LogP contribution in [0.15, 0.2) is 17.8 Å². The van der Waals surface area contributed by atoms with Crippen LogP contribution in [0.5, 0.6) is 0 Å². The fraction of sp³-hybridized carbons (Fsp3) is 0.455. The highest BCUT2D eigenvalue weighted by molar-refractivity contribution is 5.70. The van der Waals surface area contributed by atoms with Crippen molar-refractivity contribution in [2.24, 2.45) is 0 Å². The largest absolute Gasteiger partial charge is 0.481 e. The fourth-order valence-corrected chi connectivity index (χ4v) is 2.00. The maximum Gasteiger partial charge on any atom is 0.307 e. The van der Waals surface area contributed by atoms with Crippen LogP contribution in [0.3, 0.4) is 0 Å². The van der Waals surface area contributed by atoms with Crippen LogP contribution in [0.1, 0.15) is 37.1 Å². The first-order valence-electron chi connectivity index (χ1n) is 5.60. The van der Waals surface area contributed by atoms with Gasteiger partial charge in [-0.2, -0.15) is 5.10 Å². The SMILES string of the molecule is O=C(O)CC1=CNc2cc(C3CC3)nn2C1O. The number of aromatic nitrogens is 2. The Hall–Kier alpha value is -1.82. The zero-order chi connectivity index (χ0) is 12.0. The van der Waals surface area contributed by atoms with E-state index in [9.17, 15) is 9.90 Å². The van der Waals surface area contributed by atoms with Crippen LogP contribution < -0.4 is 5.32 Å². The molecule has 1 unspecified atom stereocenters. The van der Waals surface area contributed by atoms with Gasteiger partial charge in [0.15, 0.2) is 6.23 Å². The molecule has 1 aromatic heterocycles. The van der Waals surface area contributed by atoms with Gasteiger partial charge in [-0.1, -0.05) is 0 Å². The van der Waals surface area contributed by atoms with Crippen LogP contribution in [0.4, 0.5) is 5.82 Å². The predicted octanol–water partition coefficient (Wildman–Crippen LogP) is 1.04. The molecule has 1 aromatic rings. The van der Waals surface area contributed by atoms with Crippen molar-refractivity contribution in [3.63, 3.8) is 0 Å². The second-order valence-corrected chi connectivity index (χ2v) is 4.48. The highest BCUT2D eigenvalue weighted by atomic mass is 16.4. The lowest BCUT2D eigenvalue weighted by Crippen LogP contribution is -2.21. The lowest BCUT2D eigenvalue weighted by atomic mass is 10.1. The minimum absolute atomic E-state index is 0.188. The number of carboxylic acid groups (broad SMARTS) is 1. The topological polar surface area (TPSA) is 87.4 Å². The van der Waals surface area contributed by atoms with Crippen LogP contribution in [-0.4, -0.2) is 26.0 Å². The smallest absolute Gasteiger partial charge is 0.307 e. The highest BCUT2D eigenvalue weighted by Gasteiger charge is 2.30. The van der Waals surface area contributed by atoms with E-state index >= 15 is 0 Å². The van der Waals surface area contributed by atoms with Gasteiger partial charge in [0, 0.05) is 23.8 Å². The zero-order valence-electron chi connectivity index (χ0n) is 9.13. The second-order valence-electron chi connectivity index (χ2n) is 4.48. The molecule has 1 atom stereocenters. The summed E-state index contributed by atoms with van der Waals surface area (Å²) in [7, 11) is 0. The number of aliphatic hydroxyl groups excluding tert-OH is 1. The van der Waals surface area contributed by atoms with Gasteiger partial charge in [0.05, 0.1) is 12.1 Å². The molecule has 3 rings (SSSR count). The molecule has 0 aromatic carbocycles. The van der Waals surface area contributed by atoms with Gasteiger partial charge in [-0.05, 0) is 12.8 Å². The molecule has 2 heterocycles. The number of hydrogen-bond donors (Lipinski definition) is 3. The van der Waals surface area contributed by atoms with Gasteiger partial charge in [-0.15, -0.1) is 0 Å². The summed E-state index contributed by atoms with van der Waals surface area (Å²) in [5.41, 5.74) is 1.38. The van der Waals surface area contributed by atoms with Gasteiger partial charge in [0.25, 0.3) is 0 Å². The summed E-state index contributed by atoms with van der Waals surface area (Å²) >= 11 is 0. The molecular weight excluding hydrogens is 222 g/mol. The predicted molar refractivity (Wildman–Crippen MR) is 59.4 cm³/mol. The number of aliphatic carboxylic acids is 1. The third kappa shape index (κ3) is 1.80. The summed E-state index contributed by atoms with van der Waals surface area (Å²) in [6.45, 7) is 0. The van der Waals surface area contributed by atoms with Crippen molar-refractivity contribution >= 4 is 11.8 Å². The van der Waals surface area contributed by atoms with E-state index in [1.807, 2.05) is 6.07 Å². The van der Waals surface area contributed by atoms with Gasteiger partial charge in [0.2, 0.25) is 0 Å². The first kappa shape index (κ1) is 10.3. The molecule has 6 heteroatoms. The molecule has 0 saturated heterocycles. The summed E-state index contributed by atoms with van der Waals surface area (Å²) < 4.78 is 1.45. The fourth-order valence-electron chi connectivity index (χ4n) is 2.00. The van der Waals surface area contributed by atoms with Crippen LogP contribution in [-0.2, 0) is 4.79 Å². The van der Waals surface area contributed by atoms with E-state index in [1.54, 1.807) is 6.20 Å². The molecular formula is C11H13N3O3. The summed E-state index contributed by atoms with van der Waals surface area (Å²) in [6.07, 6.45) is 2.66. The standard InChI is InChI=1S/C11H13N3O3/c15-10(16)3-7-5-12-9-4-8(6-1-2-6)13-14(9)11(7)17/h4-6,11-12,17H,1-3H2,(H,15,16). The number of carbonyl (C=O) groups is 1. The maximum atomic E-state index is 10.6. The van der Waals surface area contributed by atoms with E-state index in [-0.39, 0.29) is 6.42 Å². The van der Waals surface area contributed by atoms with Gasteiger partial charge in [-0.3, -0.25) is 4.79 Å². The van der Waals surface area contributed by atoms with E-state index in [0.29, 0.717) is 17.3 Å². The van der Waals surface area contributed by atoms with Crippen molar-refractivity contribution in [2.75, 3.05) is 5.32 Å². The Kier molecular flexibility index (Phi) is 2.19. The van der Waals surface area contributed by atoms with Gasteiger partial charge in [0.1, 0.15) is 5.82 Å². The first-order chi connectivity index (χ1) is 8.15. The van der Waals surface area contributed by atoms with Crippen molar-refractivity contribution in [1.29, 1.82) is 0 Å². The molecule has 0 amide bonds. The third-order valence-electron chi connectivity index (χ3n) is 3.07. The summed E-state index contributed by atoms with van der Waals surface area (Å²) in [5, 5.41) is 26.0. The molecule has 0 radical (unpaired) electrons. The van der Waals surface area contributed by atoms with Gasteiger partial charge in [-0.25, -0.2) is 4.68 Å². The second kappa shape index (κ2) is 3.59. The van der Waals surface area contributed by atoms with Crippen molar-refractivity contribution in [3.05, 3.63) is 23.5 Å². The number of nitrogens with one attached hydrogen (secondary N) is 1. The molecule has 0 spiro atoms. The maximum absolute atomic E-state index is 10.6. The van der Waals surface area contributed by atoms with Gasteiger partial charge >= 0.3 is 5.97 Å². The molecule has 6 nitrogen and oxygen atoms in total. The monoisotopic (exact) mass is 235 g/mol. The minimum atomic E-state index is -0.977. The summed E-state index contributed by atoms with van der Waals surface area (Å²) in [5.74, 6) is 0.258. The number of aliphatic hydroxyl groups is 1. The highest BCUT2D eigenvalue weighted by Crippen LogP contribution is 2.41. The number of carboxylic acids is 1. The van der Waals surface area contributed by atoms with Crippen LogP contribution in [0, 0.1) is 0 Å². The van der Waals surface area contributed by atoms with Crippen molar-refractivity contribution < 1.29 is 15.0 Å². The Labute approximate surface area is 97.6 Å². The van der Waals surface area contributed by atoms with Crippen molar-refractivity contribution in [1.82, 2.24) is 9.78 Å². The lowest BCUT2D eigenvalue weighted by Gasteiger charge is -2.21. The van der Waals surface area contributed by atoms with Crippen LogP contribution >= 0.6 is 0 Å². The molecule has 2 aliphatic rings. The van der Waals surface area contributed by atoms with E-state index < -0.39 is 12.2 Å². The number of fused-ring (bicyclic) bond motifs is 1. The Bertz CT molecular complexity index is 502. The third-order valence-corrected chi connectivity index (χ3v) is 3.07. The molecule has 1 fully saturated rings. The normalized spacial score (nSPS) is 22.6. The molecule has 1 aliphatic heterocycles. The minimum Gasteiger partial charge on any atom is -0.481 e. The quantitative estimate of drug-likeness (QED) is 0.728. The summed E-state index contributed by atoms with van der Waals surface area (Å²) in [6, 6.07) is 1.91. The van der Waals surface area contributed by atoms with E-state index in [4.69, 9.17) is 5.11 Å². The molecule has 0 bridgehead atoms. The average Bonchev–Trinajstić information content (AvgIpc) is 3.02. The van der Waals surface area contributed by atoms with Crippen LogP contribution in [0.2, 0.25) is 0 Å². The van der Waals surface area contributed by atoms with Crippen molar-refractivity contribution in [3.8, 4) is 0 Å².